The number of carbonyl (C=O) groups is 2. The van der Waals surface area contributed by atoms with Gasteiger partial charge in [0.15, 0.2) is 5.82 Å². The largest absolute Gasteiger partial charge is 0.481 e. The van der Waals surface area contributed by atoms with Crippen molar-refractivity contribution in [3.8, 4) is 28.5 Å². The van der Waals surface area contributed by atoms with Crippen LogP contribution >= 0.6 is 11.8 Å². The summed E-state index contributed by atoms with van der Waals surface area (Å²) in [5.41, 5.74) is 6.53. The number of H-pyrrole nitrogens is 1. The second-order valence-corrected chi connectivity index (χ2v) is 13.4. The van der Waals surface area contributed by atoms with Crippen LogP contribution in [0.4, 0.5) is 5.69 Å². The summed E-state index contributed by atoms with van der Waals surface area (Å²) in [6, 6.07) is 17.7. The van der Waals surface area contributed by atoms with Crippen molar-refractivity contribution in [2.75, 3.05) is 51.4 Å². The molecule has 12 nitrogen and oxygen atoms in total. The number of pyridine rings is 1. The van der Waals surface area contributed by atoms with Gasteiger partial charge in [-0.2, -0.15) is 10.2 Å². The molecule has 0 saturated carbocycles. The van der Waals surface area contributed by atoms with E-state index in [1.54, 1.807) is 36.1 Å². The summed E-state index contributed by atoms with van der Waals surface area (Å²) in [5, 5.41) is 16.0. The van der Waals surface area contributed by atoms with Crippen LogP contribution in [-0.2, 0) is 16.6 Å². The Labute approximate surface area is 282 Å². The van der Waals surface area contributed by atoms with Gasteiger partial charge in [-0.25, -0.2) is 9.97 Å². The number of aryl methyl sites for hydroxylation is 1. The van der Waals surface area contributed by atoms with Gasteiger partial charge in [-0.1, -0.05) is 30.3 Å². The average molecular weight is 664 g/mol. The number of nitrogens with one attached hydrogen (secondary N) is 2. The summed E-state index contributed by atoms with van der Waals surface area (Å²) < 4.78 is 6.32. The zero-order valence-electron chi connectivity index (χ0n) is 27.1. The molecule has 3 aromatic heterocycles. The fraction of sp³-hybridized carbons (Fsp3) is 0.314. The van der Waals surface area contributed by atoms with Crippen LogP contribution in [0, 0.1) is 0 Å². The van der Waals surface area contributed by atoms with E-state index in [2.05, 4.69) is 53.7 Å². The number of hydrogen-bond acceptors (Lipinski definition) is 9. The van der Waals surface area contributed by atoms with Gasteiger partial charge in [0.05, 0.1) is 19.2 Å². The zero-order valence-corrected chi connectivity index (χ0v) is 28.0. The summed E-state index contributed by atoms with van der Waals surface area (Å²) in [7, 11) is 3.43. The maximum Gasteiger partial charge on any atom is 0.241 e. The Kier molecular flexibility index (Phi) is 8.71. The average Bonchev–Trinajstić information content (AvgIpc) is 3.87. The van der Waals surface area contributed by atoms with E-state index in [1.807, 2.05) is 60.7 Å². The van der Waals surface area contributed by atoms with Crippen LogP contribution < -0.4 is 10.1 Å². The number of likely N-dealkylation sites (tertiary alicyclic amines) is 1. The van der Waals surface area contributed by atoms with Gasteiger partial charge < -0.3 is 15.0 Å². The number of methoxy groups -OCH3 is 1. The van der Waals surface area contributed by atoms with Gasteiger partial charge in [0, 0.05) is 67.7 Å². The van der Waals surface area contributed by atoms with E-state index in [0.717, 1.165) is 39.7 Å². The molecule has 246 valence electrons. The number of thioether (sulfide) groups is 1. The SMILES string of the molecule is COc1cc(-c2n[nH]c3ccc(NC(=O)[C@]4(SC)CCN(CC(=O)N5CC=C(c6ccc(-c7ncn(C)n7)cc6)CC5)C4)cc23)ccn1. The standard InChI is InChI=1S/C35H37N9O3S/c1-42-22-37-33(41-42)25-6-4-23(5-7-25)24-11-15-44(16-12-24)31(45)20-43-17-13-35(21-43,48-3)34(46)38-27-8-9-29-28(19-27)32(40-39-29)26-10-14-36-30(18-26)47-2/h4-11,14,18-19,22H,12-13,15-17,20-21H2,1-3H3,(H,38,46)(H,39,40)/t35-/m0/s1. The molecule has 13 heteroatoms. The van der Waals surface area contributed by atoms with Crippen molar-refractivity contribution in [2.24, 2.45) is 7.05 Å². The third-order valence-electron chi connectivity index (χ3n) is 9.19. The minimum absolute atomic E-state index is 0.0599. The molecular formula is C35H37N9O3S. The van der Waals surface area contributed by atoms with E-state index in [4.69, 9.17) is 4.74 Å². The molecule has 0 radical (unpaired) electrons. The van der Waals surface area contributed by atoms with Crippen molar-refractivity contribution in [1.82, 2.24) is 39.7 Å². The van der Waals surface area contributed by atoms with Gasteiger partial charge in [-0.3, -0.25) is 24.3 Å². The number of benzene rings is 2. The van der Waals surface area contributed by atoms with Gasteiger partial charge >= 0.3 is 0 Å². The molecule has 1 fully saturated rings. The highest BCUT2D eigenvalue weighted by Crippen LogP contribution is 2.36. The highest BCUT2D eigenvalue weighted by atomic mass is 32.2. The molecule has 2 N–H and O–H groups in total. The van der Waals surface area contributed by atoms with Gasteiger partial charge in [-0.05, 0) is 54.5 Å². The smallest absolute Gasteiger partial charge is 0.241 e. The quantitative estimate of drug-likeness (QED) is 0.234. The highest BCUT2D eigenvalue weighted by molar-refractivity contribution is 8.00. The molecule has 0 aliphatic carbocycles. The molecule has 5 heterocycles. The van der Waals surface area contributed by atoms with Crippen LogP contribution in [0.3, 0.4) is 0 Å². The molecular weight excluding hydrogens is 627 g/mol. The van der Waals surface area contributed by atoms with Crippen molar-refractivity contribution in [3.05, 3.63) is 78.8 Å². The second kappa shape index (κ2) is 13.2. The first-order chi connectivity index (χ1) is 23.3. The molecule has 5 aromatic rings. The Bertz CT molecular complexity index is 2000. The maximum atomic E-state index is 13.8. The van der Waals surface area contributed by atoms with Gasteiger partial charge in [-0.15, -0.1) is 11.8 Å². The number of aromatic amines is 1. The van der Waals surface area contributed by atoms with E-state index in [9.17, 15) is 9.59 Å². The molecule has 0 bridgehead atoms. The third-order valence-corrected chi connectivity index (χ3v) is 10.5. The molecule has 2 aliphatic heterocycles. The van der Waals surface area contributed by atoms with Crippen molar-refractivity contribution in [3.63, 3.8) is 0 Å². The molecule has 48 heavy (non-hydrogen) atoms. The topological polar surface area (TPSA) is 134 Å². The normalized spacial score (nSPS) is 18.2. The van der Waals surface area contributed by atoms with E-state index >= 15 is 0 Å². The summed E-state index contributed by atoms with van der Waals surface area (Å²) in [5.74, 6) is 1.23. The summed E-state index contributed by atoms with van der Waals surface area (Å²) >= 11 is 1.55. The number of nitrogens with zero attached hydrogens (tertiary/aromatic N) is 7. The summed E-state index contributed by atoms with van der Waals surface area (Å²) in [6.45, 7) is 2.73. The van der Waals surface area contributed by atoms with E-state index < -0.39 is 4.75 Å². The predicted octanol–water partition coefficient (Wildman–Crippen LogP) is 4.49. The molecule has 0 spiro atoms. The number of hydrogen-bond donors (Lipinski definition) is 2. The summed E-state index contributed by atoms with van der Waals surface area (Å²) in [4.78, 5) is 39.7. The molecule has 7 rings (SSSR count). The minimum Gasteiger partial charge on any atom is -0.481 e. The third kappa shape index (κ3) is 6.30. The number of aromatic nitrogens is 6. The molecule has 1 saturated heterocycles. The number of fused-ring (bicyclic) bond motifs is 1. The highest BCUT2D eigenvalue weighted by Gasteiger charge is 2.44. The molecule has 1 atom stereocenters. The maximum absolute atomic E-state index is 13.8. The fourth-order valence-electron chi connectivity index (χ4n) is 6.42. The van der Waals surface area contributed by atoms with Crippen LogP contribution in [0.5, 0.6) is 5.88 Å². The van der Waals surface area contributed by atoms with Crippen LogP contribution in [0.25, 0.3) is 39.1 Å². The van der Waals surface area contributed by atoms with Crippen LogP contribution in [0.2, 0.25) is 0 Å². The van der Waals surface area contributed by atoms with Crippen LogP contribution in [0.15, 0.2) is 73.2 Å². The number of rotatable bonds is 9. The van der Waals surface area contributed by atoms with Gasteiger partial charge in [0.25, 0.3) is 0 Å². The van der Waals surface area contributed by atoms with E-state index in [1.165, 1.54) is 5.57 Å². The van der Waals surface area contributed by atoms with Crippen molar-refractivity contribution in [2.45, 2.75) is 17.6 Å². The monoisotopic (exact) mass is 663 g/mol. The zero-order chi connectivity index (χ0) is 33.3. The van der Waals surface area contributed by atoms with Crippen molar-refractivity contribution in [1.29, 1.82) is 0 Å². The predicted molar refractivity (Wildman–Crippen MR) is 187 cm³/mol. The Morgan fingerprint density at radius 3 is 2.60 bits per heavy atom. The number of anilines is 1. The Morgan fingerprint density at radius 1 is 1.04 bits per heavy atom. The lowest BCUT2D eigenvalue weighted by atomic mass is 9.98. The Morgan fingerprint density at radius 2 is 1.88 bits per heavy atom. The van der Waals surface area contributed by atoms with Gasteiger partial charge in [0.1, 0.15) is 16.8 Å². The van der Waals surface area contributed by atoms with Crippen LogP contribution in [-0.4, -0.2) is 102 Å². The lowest BCUT2D eigenvalue weighted by molar-refractivity contribution is -0.132. The first-order valence-corrected chi connectivity index (χ1v) is 17.1. The lowest BCUT2D eigenvalue weighted by Crippen LogP contribution is -2.45. The first kappa shape index (κ1) is 31.6. The lowest BCUT2D eigenvalue weighted by Gasteiger charge is -2.29. The number of ether oxygens (including phenoxy) is 1. The van der Waals surface area contributed by atoms with E-state index in [-0.39, 0.29) is 11.8 Å². The molecule has 2 aliphatic rings. The Hall–Kier alpha value is -5.01. The fourth-order valence-corrected chi connectivity index (χ4v) is 7.26. The molecule has 0 unspecified atom stereocenters. The number of carbonyl (C=O) groups excluding carboxylic acids is 2. The molecule has 2 aromatic carbocycles. The molecule has 2 amide bonds. The second-order valence-electron chi connectivity index (χ2n) is 12.2. The van der Waals surface area contributed by atoms with Crippen molar-refractivity contribution >= 4 is 45.7 Å². The number of amides is 2. The summed E-state index contributed by atoms with van der Waals surface area (Å²) in [6.07, 6.45) is 8.94. The van der Waals surface area contributed by atoms with Gasteiger partial charge in [0.2, 0.25) is 17.7 Å². The van der Waals surface area contributed by atoms with Crippen LogP contribution in [0.1, 0.15) is 18.4 Å². The Balaban J connectivity index is 0.963. The minimum atomic E-state index is -0.654. The van der Waals surface area contributed by atoms with Crippen molar-refractivity contribution < 1.29 is 14.3 Å². The first-order valence-electron chi connectivity index (χ1n) is 15.8. The van der Waals surface area contributed by atoms with E-state index in [0.29, 0.717) is 56.5 Å².